The molecule has 3 aromatic rings. The lowest BCUT2D eigenvalue weighted by atomic mass is 9.92. The number of carbonyl (C=O) groups is 1. The van der Waals surface area contributed by atoms with Gasteiger partial charge >= 0.3 is 0 Å². The fourth-order valence-electron chi connectivity index (χ4n) is 3.84. The molecule has 0 radical (unpaired) electrons. The molecule has 144 valence electrons. The normalized spacial score (nSPS) is 19.4. The Balaban J connectivity index is 1.55. The number of aromatic nitrogens is 2. The minimum Gasteiger partial charge on any atom is -0.391 e. The van der Waals surface area contributed by atoms with E-state index >= 15 is 0 Å². The van der Waals surface area contributed by atoms with Crippen LogP contribution in [-0.4, -0.2) is 32.9 Å². The zero-order valence-electron chi connectivity index (χ0n) is 16.0. The number of hydrogen-bond donors (Lipinski definition) is 2. The first-order valence-corrected chi connectivity index (χ1v) is 9.80. The zero-order chi connectivity index (χ0) is 19.5. The van der Waals surface area contributed by atoms with E-state index in [4.69, 9.17) is 0 Å². The monoisotopic (exact) mass is 375 g/mol. The Kier molecular flexibility index (Phi) is 5.26. The number of carbonyl (C=O) groups excluding carboxylic acids is 1. The molecule has 1 amide bonds. The van der Waals surface area contributed by atoms with Crippen molar-refractivity contribution >= 4 is 5.91 Å². The molecule has 28 heavy (non-hydrogen) atoms. The maximum Gasteiger partial charge on any atom is 0.251 e. The van der Waals surface area contributed by atoms with Gasteiger partial charge in [0.2, 0.25) is 0 Å². The predicted molar refractivity (Wildman–Crippen MR) is 110 cm³/mol. The van der Waals surface area contributed by atoms with Crippen molar-refractivity contribution in [2.24, 2.45) is 7.05 Å². The number of aliphatic hydroxyl groups is 1. The highest BCUT2D eigenvalue weighted by Crippen LogP contribution is 2.31. The molecule has 0 aliphatic heterocycles. The van der Waals surface area contributed by atoms with Crippen molar-refractivity contribution in [3.63, 3.8) is 0 Å². The van der Waals surface area contributed by atoms with Gasteiger partial charge in [-0.05, 0) is 30.5 Å². The maximum absolute atomic E-state index is 12.6. The van der Waals surface area contributed by atoms with Crippen molar-refractivity contribution in [3.05, 3.63) is 66.4 Å². The van der Waals surface area contributed by atoms with Crippen molar-refractivity contribution < 1.29 is 9.90 Å². The van der Waals surface area contributed by atoms with Crippen LogP contribution in [0.2, 0.25) is 0 Å². The maximum atomic E-state index is 12.6. The molecule has 1 saturated carbocycles. The van der Waals surface area contributed by atoms with Crippen molar-refractivity contribution in [2.45, 2.75) is 37.8 Å². The summed E-state index contributed by atoms with van der Waals surface area (Å²) in [6.07, 6.45) is 5.21. The fraction of sp³-hybridized carbons (Fsp3) is 0.304. The topological polar surface area (TPSA) is 67.2 Å². The molecule has 1 aliphatic carbocycles. The Bertz CT molecular complexity index is 948. The summed E-state index contributed by atoms with van der Waals surface area (Å²) in [6.45, 7) is 0. The standard InChI is InChI=1S/C23H25N3O2/c1-26-15-19(22(25-26)17-7-3-2-4-8-17)16-11-13-18(14-12-16)23(28)24-20-9-5-6-10-21(20)27/h2-4,7-8,11-15,20-21,27H,5-6,9-10H2,1H3,(H,24,28)/t20-,21-/m0/s1. The van der Waals surface area contributed by atoms with Gasteiger partial charge in [-0.1, -0.05) is 55.3 Å². The molecule has 2 aromatic carbocycles. The summed E-state index contributed by atoms with van der Waals surface area (Å²) in [4.78, 5) is 12.6. The highest BCUT2D eigenvalue weighted by molar-refractivity contribution is 5.95. The number of benzene rings is 2. The SMILES string of the molecule is Cn1cc(-c2ccc(C(=O)N[C@H]3CCCC[C@@H]3O)cc2)c(-c2ccccc2)n1. The summed E-state index contributed by atoms with van der Waals surface area (Å²) < 4.78 is 1.81. The number of rotatable bonds is 4. The fourth-order valence-corrected chi connectivity index (χ4v) is 3.84. The van der Waals surface area contributed by atoms with E-state index in [1.54, 1.807) is 0 Å². The Morgan fingerprint density at radius 3 is 2.46 bits per heavy atom. The number of hydrogen-bond acceptors (Lipinski definition) is 3. The first kappa shape index (κ1) is 18.4. The summed E-state index contributed by atoms with van der Waals surface area (Å²) in [6, 6.07) is 17.5. The third kappa shape index (κ3) is 3.85. The van der Waals surface area contributed by atoms with Gasteiger partial charge in [-0.15, -0.1) is 0 Å². The molecule has 2 N–H and O–H groups in total. The molecule has 1 aliphatic rings. The van der Waals surface area contributed by atoms with E-state index in [9.17, 15) is 9.90 Å². The molecule has 5 nitrogen and oxygen atoms in total. The minimum atomic E-state index is -0.444. The molecule has 1 fully saturated rings. The lowest BCUT2D eigenvalue weighted by Crippen LogP contribution is -2.45. The largest absolute Gasteiger partial charge is 0.391 e. The van der Waals surface area contributed by atoms with Crippen LogP contribution < -0.4 is 5.32 Å². The minimum absolute atomic E-state index is 0.132. The summed E-state index contributed by atoms with van der Waals surface area (Å²) in [7, 11) is 1.91. The van der Waals surface area contributed by atoms with Crippen LogP contribution in [0.15, 0.2) is 60.8 Å². The summed E-state index contributed by atoms with van der Waals surface area (Å²) in [5.74, 6) is -0.132. The first-order valence-electron chi connectivity index (χ1n) is 9.80. The molecule has 1 aromatic heterocycles. The molecular weight excluding hydrogens is 350 g/mol. The Morgan fingerprint density at radius 2 is 1.75 bits per heavy atom. The average molecular weight is 375 g/mol. The molecule has 2 atom stereocenters. The lowest BCUT2D eigenvalue weighted by Gasteiger charge is -2.28. The molecule has 0 bridgehead atoms. The van der Waals surface area contributed by atoms with Gasteiger partial charge in [0.25, 0.3) is 5.91 Å². The summed E-state index contributed by atoms with van der Waals surface area (Å²) in [5, 5.41) is 17.7. The quantitative estimate of drug-likeness (QED) is 0.729. The van der Waals surface area contributed by atoms with E-state index < -0.39 is 6.10 Å². The van der Waals surface area contributed by atoms with E-state index in [0.29, 0.717) is 5.56 Å². The van der Waals surface area contributed by atoms with E-state index in [1.165, 1.54) is 0 Å². The lowest BCUT2D eigenvalue weighted by molar-refractivity contribution is 0.0717. The third-order valence-electron chi connectivity index (χ3n) is 5.38. The number of nitrogens with one attached hydrogen (secondary N) is 1. The smallest absolute Gasteiger partial charge is 0.251 e. The van der Waals surface area contributed by atoms with Gasteiger partial charge in [0.1, 0.15) is 5.69 Å². The molecule has 0 saturated heterocycles. The van der Waals surface area contributed by atoms with Crippen LogP contribution in [0, 0.1) is 0 Å². The molecule has 0 spiro atoms. The van der Waals surface area contributed by atoms with Gasteiger partial charge in [0.15, 0.2) is 0 Å². The number of amides is 1. The van der Waals surface area contributed by atoms with Crippen LogP contribution in [0.25, 0.3) is 22.4 Å². The number of aryl methyl sites for hydroxylation is 1. The molecule has 1 heterocycles. The number of aliphatic hydroxyl groups excluding tert-OH is 1. The van der Waals surface area contributed by atoms with E-state index in [1.807, 2.05) is 72.5 Å². The van der Waals surface area contributed by atoms with Crippen LogP contribution >= 0.6 is 0 Å². The molecule has 4 rings (SSSR count). The van der Waals surface area contributed by atoms with Crippen molar-refractivity contribution in [2.75, 3.05) is 0 Å². The first-order chi connectivity index (χ1) is 13.6. The second kappa shape index (κ2) is 7.98. The van der Waals surface area contributed by atoms with E-state index in [0.717, 1.165) is 48.1 Å². The van der Waals surface area contributed by atoms with Crippen LogP contribution in [0.3, 0.4) is 0 Å². The summed E-state index contributed by atoms with van der Waals surface area (Å²) >= 11 is 0. The van der Waals surface area contributed by atoms with Gasteiger partial charge < -0.3 is 10.4 Å². The Hall–Kier alpha value is -2.92. The Morgan fingerprint density at radius 1 is 1.04 bits per heavy atom. The second-order valence-electron chi connectivity index (χ2n) is 7.44. The van der Waals surface area contributed by atoms with Crippen LogP contribution in [0.4, 0.5) is 0 Å². The van der Waals surface area contributed by atoms with Gasteiger partial charge in [-0.3, -0.25) is 9.48 Å². The summed E-state index contributed by atoms with van der Waals surface area (Å²) in [5.41, 5.74) is 4.63. The van der Waals surface area contributed by atoms with Gasteiger partial charge in [0, 0.05) is 29.9 Å². The van der Waals surface area contributed by atoms with Gasteiger partial charge in [0.05, 0.1) is 12.1 Å². The van der Waals surface area contributed by atoms with Gasteiger partial charge in [-0.2, -0.15) is 5.10 Å². The Labute approximate surface area is 165 Å². The molecule has 5 heteroatoms. The van der Waals surface area contributed by atoms with E-state index in [-0.39, 0.29) is 11.9 Å². The second-order valence-corrected chi connectivity index (χ2v) is 7.44. The average Bonchev–Trinajstić information content (AvgIpc) is 3.12. The van der Waals surface area contributed by atoms with Gasteiger partial charge in [-0.25, -0.2) is 0 Å². The van der Waals surface area contributed by atoms with Crippen LogP contribution in [0.1, 0.15) is 36.0 Å². The van der Waals surface area contributed by atoms with Crippen LogP contribution in [0.5, 0.6) is 0 Å². The highest BCUT2D eigenvalue weighted by Gasteiger charge is 2.24. The predicted octanol–water partition coefficient (Wildman–Crippen LogP) is 3.79. The van der Waals surface area contributed by atoms with Crippen molar-refractivity contribution in [1.29, 1.82) is 0 Å². The molecular formula is C23H25N3O2. The van der Waals surface area contributed by atoms with Crippen LogP contribution in [-0.2, 0) is 7.05 Å². The molecule has 0 unspecified atom stereocenters. The van der Waals surface area contributed by atoms with Crippen molar-refractivity contribution in [1.82, 2.24) is 15.1 Å². The number of nitrogens with zero attached hydrogens (tertiary/aromatic N) is 2. The highest BCUT2D eigenvalue weighted by atomic mass is 16.3. The van der Waals surface area contributed by atoms with Crippen molar-refractivity contribution in [3.8, 4) is 22.4 Å². The third-order valence-corrected chi connectivity index (χ3v) is 5.38. The zero-order valence-corrected chi connectivity index (χ0v) is 16.0. The van der Waals surface area contributed by atoms with E-state index in [2.05, 4.69) is 10.4 Å².